The molecule has 1 aromatic rings. The van der Waals surface area contributed by atoms with Crippen molar-refractivity contribution in [2.45, 2.75) is 51.8 Å². The second-order valence-electron chi connectivity index (χ2n) is 6.94. The molecule has 0 spiro atoms. The molecule has 1 aliphatic rings. The summed E-state index contributed by atoms with van der Waals surface area (Å²) in [5, 5.41) is 3.25. The molecule has 2 rings (SSSR count). The Kier molecular flexibility index (Phi) is 5.24. The molecule has 6 heteroatoms. The van der Waals surface area contributed by atoms with Gasteiger partial charge in [0.1, 0.15) is 5.60 Å². The number of rotatable bonds is 3. The maximum Gasteiger partial charge on any atom is 0.410 e. The van der Waals surface area contributed by atoms with E-state index < -0.39 is 17.2 Å². The molecule has 0 aliphatic carbocycles. The highest BCUT2D eigenvalue weighted by Gasteiger charge is 2.30. The molecular formula is C17H24F2N2O2. The maximum absolute atomic E-state index is 13.8. The van der Waals surface area contributed by atoms with Crippen LogP contribution in [0.3, 0.4) is 0 Å². The largest absolute Gasteiger partial charge is 0.444 e. The highest BCUT2D eigenvalue weighted by Crippen LogP contribution is 2.22. The van der Waals surface area contributed by atoms with Crippen LogP contribution in [0.1, 0.15) is 45.7 Å². The highest BCUT2D eigenvalue weighted by atomic mass is 19.2. The average molecular weight is 326 g/mol. The molecule has 0 bridgehead atoms. The molecule has 2 atom stereocenters. The van der Waals surface area contributed by atoms with Crippen molar-refractivity contribution >= 4 is 6.09 Å². The first kappa shape index (κ1) is 17.7. The Hall–Kier alpha value is -1.69. The molecule has 2 unspecified atom stereocenters. The van der Waals surface area contributed by atoms with E-state index in [1.165, 1.54) is 6.07 Å². The molecule has 0 saturated carbocycles. The minimum atomic E-state index is -0.849. The summed E-state index contributed by atoms with van der Waals surface area (Å²) in [6.07, 6.45) is 0.409. The number of amides is 1. The number of hydrogen-bond acceptors (Lipinski definition) is 3. The van der Waals surface area contributed by atoms with E-state index >= 15 is 0 Å². The van der Waals surface area contributed by atoms with Crippen molar-refractivity contribution < 1.29 is 18.3 Å². The minimum Gasteiger partial charge on any atom is -0.444 e. The van der Waals surface area contributed by atoms with Gasteiger partial charge in [-0.05, 0) is 40.2 Å². The molecule has 0 aromatic heterocycles. The Morgan fingerprint density at radius 1 is 1.39 bits per heavy atom. The number of carbonyl (C=O) groups is 1. The van der Waals surface area contributed by atoms with Gasteiger partial charge in [-0.25, -0.2) is 13.6 Å². The zero-order valence-corrected chi connectivity index (χ0v) is 14.0. The molecule has 1 aliphatic heterocycles. The van der Waals surface area contributed by atoms with Crippen molar-refractivity contribution in [2.24, 2.45) is 0 Å². The van der Waals surface area contributed by atoms with Gasteiger partial charge in [-0.1, -0.05) is 12.1 Å². The predicted octanol–water partition coefficient (Wildman–Crippen LogP) is 3.62. The van der Waals surface area contributed by atoms with Crippen molar-refractivity contribution in [3.05, 3.63) is 35.4 Å². The normalized spacial score (nSPS) is 19.7. The Bertz CT molecular complexity index is 572. The monoisotopic (exact) mass is 326 g/mol. The van der Waals surface area contributed by atoms with Gasteiger partial charge in [0, 0.05) is 30.7 Å². The van der Waals surface area contributed by atoms with Crippen LogP contribution in [-0.4, -0.2) is 35.7 Å². The second-order valence-corrected chi connectivity index (χ2v) is 6.94. The van der Waals surface area contributed by atoms with Crippen LogP contribution < -0.4 is 5.32 Å². The van der Waals surface area contributed by atoms with E-state index in [1.54, 1.807) is 17.9 Å². The molecule has 128 valence electrons. The lowest BCUT2D eigenvalue weighted by molar-refractivity contribution is 0.0290. The Morgan fingerprint density at radius 3 is 2.74 bits per heavy atom. The Balaban J connectivity index is 1.92. The summed E-state index contributed by atoms with van der Waals surface area (Å²) in [7, 11) is 0. The lowest BCUT2D eigenvalue weighted by Gasteiger charge is -2.25. The minimum absolute atomic E-state index is 0.0279. The van der Waals surface area contributed by atoms with Crippen LogP contribution in [-0.2, 0) is 4.74 Å². The van der Waals surface area contributed by atoms with Crippen molar-refractivity contribution in [2.75, 3.05) is 13.1 Å². The summed E-state index contributed by atoms with van der Waals surface area (Å²) in [5.74, 6) is -1.67. The van der Waals surface area contributed by atoms with E-state index in [2.05, 4.69) is 5.32 Å². The zero-order valence-electron chi connectivity index (χ0n) is 14.0. The van der Waals surface area contributed by atoms with Crippen molar-refractivity contribution in [3.63, 3.8) is 0 Å². The predicted molar refractivity (Wildman–Crippen MR) is 84.1 cm³/mol. The number of halogens is 2. The van der Waals surface area contributed by atoms with E-state index in [-0.39, 0.29) is 18.2 Å². The van der Waals surface area contributed by atoms with Crippen molar-refractivity contribution in [1.82, 2.24) is 10.2 Å². The van der Waals surface area contributed by atoms with Gasteiger partial charge in [-0.2, -0.15) is 0 Å². The first-order valence-corrected chi connectivity index (χ1v) is 7.85. The molecule has 4 nitrogen and oxygen atoms in total. The van der Waals surface area contributed by atoms with Gasteiger partial charge in [-0.15, -0.1) is 0 Å². The zero-order chi connectivity index (χ0) is 17.2. The Labute approximate surface area is 135 Å². The van der Waals surface area contributed by atoms with Crippen LogP contribution in [0.2, 0.25) is 0 Å². The van der Waals surface area contributed by atoms with E-state index in [0.717, 1.165) is 12.5 Å². The number of benzene rings is 1. The van der Waals surface area contributed by atoms with Gasteiger partial charge in [0.05, 0.1) is 0 Å². The van der Waals surface area contributed by atoms with E-state index in [9.17, 15) is 13.6 Å². The lowest BCUT2D eigenvalue weighted by Crippen LogP contribution is -2.39. The van der Waals surface area contributed by atoms with E-state index in [1.807, 2.05) is 20.8 Å². The summed E-state index contributed by atoms with van der Waals surface area (Å²) in [6, 6.07) is 3.85. The third kappa shape index (κ3) is 4.64. The van der Waals surface area contributed by atoms with Gasteiger partial charge < -0.3 is 15.0 Å². The number of likely N-dealkylation sites (tertiary alicyclic amines) is 1. The molecule has 1 N–H and O–H groups in total. The average Bonchev–Trinajstić information content (AvgIpc) is 2.88. The smallest absolute Gasteiger partial charge is 0.410 e. The van der Waals surface area contributed by atoms with Gasteiger partial charge in [0.15, 0.2) is 11.6 Å². The van der Waals surface area contributed by atoms with Gasteiger partial charge >= 0.3 is 6.09 Å². The SMILES string of the molecule is CC(NC1CCN(C(=O)OC(C)(C)C)C1)c1cccc(F)c1F. The van der Waals surface area contributed by atoms with Crippen molar-refractivity contribution in [1.29, 1.82) is 0 Å². The molecular weight excluding hydrogens is 302 g/mol. The third-order valence-electron chi connectivity index (χ3n) is 3.77. The standard InChI is InChI=1S/C17H24F2N2O2/c1-11(13-6-5-7-14(18)15(13)19)20-12-8-9-21(10-12)16(22)23-17(2,3)4/h5-7,11-12,20H,8-10H2,1-4H3. The number of carbonyl (C=O) groups excluding carboxylic acids is 1. The Morgan fingerprint density at radius 2 is 2.09 bits per heavy atom. The van der Waals surface area contributed by atoms with E-state index in [0.29, 0.717) is 18.7 Å². The fourth-order valence-electron chi connectivity index (χ4n) is 2.69. The number of nitrogens with one attached hydrogen (secondary N) is 1. The number of ether oxygens (including phenoxy) is 1. The van der Waals surface area contributed by atoms with Crippen LogP contribution in [0.15, 0.2) is 18.2 Å². The van der Waals surface area contributed by atoms with Crippen LogP contribution in [0, 0.1) is 11.6 Å². The molecule has 0 radical (unpaired) electrons. The summed E-state index contributed by atoms with van der Waals surface area (Å²) >= 11 is 0. The third-order valence-corrected chi connectivity index (χ3v) is 3.77. The molecule has 1 heterocycles. The quantitative estimate of drug-likeness (QED) is 0.922. The topological polar surface area (TPSA) is 41.6 Å². The maximum atomic E-state index is 13.8. The van der Waals surface area contributed by atoms with E-state index in [4.69, 9.17) is 4.74 Å². The fraction of sp³-hybridized carbons (Fsp3) is 0.588. The first-order chi connectivity index (χ1) is 10.7. The summed E-state index contributed by atoms with van der Waals surface area (Å²) in [4.78, 5) is 13.7. The lowest BCUT2D eigenvalue weighted by atomic mass is 10.1. The molecule has 1 fully saturated rings. The molecule has 1 saturated heterocycles. The summed E-state index contributed by atoms with van der Waals surface area (Å²) in [5.41, 5.74) is -0.235. The van der Waals surface area contributed by atoms with Crippen LogP contribution in [0.5, 0.6) is 0 Å². The number of hydrogen-bond donors (Lipinski definition) is 1. The fourth-order valence-corrected chi connectivity index (χ4v) is 2.69. The highest BCUT2D eigenvalue weighted by molar-refractivity contribution is 5.68. The first-order valence-electron chi connectivity index (χ1n) is 7.85. The summed E-state index contributed by atoms with van der Waals surface area (Å²) < 4.78 is 32.5. The van der Waals surface area contributed by atoms with Gasteiger partial charge in [0.25, 0.3) is 0 Å². The number of nitrogens with zero attached hydrogens (tertiary/aromatic N) is 1. The van der Waals surface area contributed by atoms with Gasteiger partial charge in [-0.3, -0.25) is 0 Å². The summed E-state index contributed by atoms with van der Waals surface area (Å²) in [6.45, 7) is 8.34. The second kappa shape index (κ2) is 6.83. The molecule has 1 aromatic carbocycles. The van der Waals surface area contributed by atoms with Crippen LogP contribution >= 0.6 is 0 Å². The van der Waals surface area contributed by atoms with Crippen LogP contribution in [0.25, 0.3) is 0 Å². The molecule has 23 heavy (non-hydrogen) atoms. The van der Waals surface area contributed by atoms with Gasteiger partial charge in [0.2, 0.25) is 0 Å². The van der Waals surface area contributed by atoms with Crippen molar-refractivity contribution in [3.8, 4) is 0 Å². The molecule has 1 amide bonds. The van der Waals surface area contributed by atoms with Crippen LogP contribution in [0.4, 0.5) is 13.6 Å².